The Morgan fingerprint density at radius 2 is 1.53 bits per heavy atom. The molecule has 13 heteroatoms. The zero-order valence-corrected chi connectivity index (χ0v) is 19.8. The van der Waals surface area contributed by atoms with Crippen molar-refractivity contribution in [3.8, 4) is 5.75 Å². The molecule has 182 valence electrons. The van der Waals surface area contributed by atoms with Crippen LogP contribution in [-0.4, -0.2) is 63.1 Å². The molecule has 1 aromatic carbocycles. The van der Waals surface area contributed by atoms with Crippen molar-refractivity contribution in [1.82, 2.24) is 9.80 Å². The maximum atomic E-state index is 13.8. The van der Waals surface area contributed by atoms with Crippen molar-refractivity contribution >= 4 is 29.0 Å². The smallest absolute Gasteiger partial charge is 0.445 e. The predicted octanol–water partition coefficient (Wildman–Crippen LogP) is 3.31. The SMILES string of the molecule is Cc1c(CN2CCN(C(=O)OC(C)(C)C)CC2)c(C)c([B-](F)(F)F)c(C)c1OS(=O)(=O)F. The molecule has 7 nitrogen and oxygen atoms in total. The fraction of sp³-hybridized carbons (Fsp3) is 0.632. The van der Waals surface area contributed by atoms with Gasteiger partial charge in [0.15, 0.2) is 0 Å². The monoisotopic (exact) mass is 483 g/mol. The van der Waals surface area contributed by atoms with Crippen LogP contribution in [0, 0.1) is 20.8 Å². The largest absolute Gasteiger partial charge is 0.510 e. The Labute approximate surface area is 186 Å². The summed E-state index contributed by atoms with van der Waals surface area (Å²) < 4.78 is 86.2. The van der Waals surface area contributed by atoms with Crippen LogP contribution in [0.4, 0.5) is 21.6 Å². The fourth-order valence-electron chi connectivity index (χ4n) is 3.86. The first-order valence-electron chi connectivity index (χ1n) is 10.1. The van der Waals surface area contributed by atoms with Crippen LogP contribution in [0.15, 0.2) is 0 Å². The first kappa shape index (κ1) is 26.2. The topological polar surface area (TPSA) is 76.2 Å². The van der Waals surface area contributed by atoms with Crippen molar-refractivity contribution in [1.29, 1.82) is 0 Å². The number of nitrogens with zero attached hydrogens (tertiary/aromatic N) is 2. The molecule has 0 bridgehead atoms. The summed E-state index contributed by atoms with van der Waals surface area (Å²) in [5, 5.41) is 0. The third kappa shape index (κ3) is 6.50. The highest BCUT2D eigenvalue weighted by atomic mass is 32.3. The molecule has 0 N–H and O–H groups in total. The van der Waals surface area contributed by atoms with E-state index in [9.17, 15) is 30.0 Å². The molecule has 0 radical (unpaired) electrons. The number of carbonyl (C=O) groups excluding carboxylic acids is 1. The van der Waals surface area contributed by atoms with Crippen LogP contribution in [0.25, 0.3) is 0 Å². The molecule has 1 fully saturated rings. The number of amides is 1. The molecule has 1 saturated heterocycles. The van der Waals surface area contributed by atoms with Gasteiger partial charge in [-0.1, -0.05) is 14.9 Å². The van der Waals surface area contributed by atoms with Crippen LogP contribution in [0.3, 0.4) is 0 Å². The molecular weight excluding hydrogens is 455 g/mol. The molecule has 1 heterocycles. The van der Waals surface area contributed by atoms with E-state index < -0.39 is 46.0 Å². The molecule has 0 atom stereocenters. The van der Waals surface area contributed by atoms with Gasteiger partial charge in [0.1, 0.15) is 11.4 Å². The minimum Gasteiger partial charge on any atom is -0.445 e. The standard InChI is InChI=1S/C19H28BF4N2O5S/c1-12-15(11-25-7-9-26(10-8-25)18(27)30-19(4,5)6)13(2)17(31-32(24,28)29)14(3)16(12)20(21,22)23/h7-11H2,1-6H3/q-1. The summed E-state index contributed by atoms with van der Waals surface area (Å²) in [7, 11) is -5.51. The van der Waals surface area contributed by atoms with Gasteiger partial charge in [0.25, 0.3) is 0 Å². The van der Waals surface area contributed by atoms with Gasteiger partial charge < -0.3 is 26.8 Å². The van der Waals surface area contributed by atoms with E-state index in [4.69, 9.17) is 4.74 Å². The summed E-state index contributed by atoms with van der Waals surface area (Å²) in [4.78, 5) is 15.6. The Morgan fingerprint density at radius 3 is 1.97 bits per heavy atom. The molecule has 0 spiro atoms. The lowest BCUT2D eigenvalue weighted by atomic mass is 9.71. The van der Waals surface area contributed by atoms with Gasteiger partial charge in [-0.2, -0.15) is 8.42 Å². The lowest BCUT2D eigenvalue weighted by molar-refractivity contribution is 0.0138. The Balaban J connectivity index is 2.32. The number of ether oxygens (including phenoxy) is 1. The number of hydrogen-bond acceptors (Lipinski definition) is 6. The minimum absolute atomic E-state index is 0.0503. The number of rotatable bonds is 5. The normalized spacial score (nSPS) is 16.2. The molecule has 1 aliphatic rings. The van der Waals surface area contributed by atoms with Gasteiger partial charge in [0.05, 0.1) is 0 Å². The third-order valence-corrected chi connectivity index (χ3v) is 5.68. The quantitative estimate of drug-likeness (QED) is 0.364. The second kappa shape index (κ2) is 9.09. The first-order valence-corrected chi connectivity index (χ1v) is 11.4. The van der Waals surface area contributed by atoms with Crippen molar-refractivity contribution in [2.75, 3.05) is 26.2 Å². The zero-order valence-electron chi connectivity index (χ0n) is 19.0. The Kier molecular flexibility index (Phi) is 7.45. The maximum absolute atomic E-state index is 13.8. The van der Waals surface area contributed by atoms with Crippen molar-refractivity contribution in [2.24, 2.45) is 0 Å². The van der Waals surface area contributed by atoms with Gasteiger partial charge in [0.2, 0.25) is 0 Å². The summed E-state index contributed by atoms with van der Waals surface area (Å²) in [5.41, 5.74) is -1.81. The first-order chi connectivity index (χ1) is 14.4. The molecule has 1 aliphatic heterocycles. The van der Waals surface area contributed by atoms with Crippen LogP contribution in [0.5, 0.6) is 5.75 Å². The van der Waals surface area contributed by atoms with E-state index in [-0.39, 0.29) is 23.2 Å². The van der Waals surface area contributed by atoms with Crippen LogP contribution in [0.1, 0.15) is 43.0 Å². The van der Waals surface area contributed by atoms with Crippen molar-refractivity contribution in [3.05, 3.63) is 22.3 Å². The summed E-state index contributed by atoms with van der Waals surface area (Å²) in [6.07, 6.45) is -0.467. The molecule has 0 saturated carbocycles. The van der Waals surface area contributed by atoms with Crippen molar-refractivity contribution in [2.45, 2.75) is 53.7 Å². The van der Waals surface area contributed by atoms with E-state index in [0.29, 0.717) is 26.2 Å². The van der Waals surface area contributed by atoms with Crippen molar-refractivity contribution < 1.29 is 39.0 Å². The van der Waals surface area contributed by atoms with Crippen molar-refractivity contribution in [3.63, 3.8) is 0 Å². The van der Waals surface area contributed by atoms with Gasteiger partial charge in [-0.05, 0) is 58.2 Å². The second-order valence-corrected chi connectivity index (χ2v) is 9.84. The lowest BCUT2D eigenvalue weighted by Gasteiger charge is -2.36. The van der Waals surface area contributed by atoms with E-state index in [1.54, 1.807) is 20.8 Å². The van der Waals surface area contributed by atoms with Crippen LogP contribution in [-0.2, 0) is 21.8 Å². The molecule has 1 aromatic rings. The van der Waals surface area contributed by atoms with Gasteiger partial charge in [-0.3, -0.25) is 4.90 Å². The number of piperazine rings is 1. The highest BCUT2D eigenvalue weighted by Crippen LogP contribution is 2.33. The summed E-state index contributed by atoms with van der Waals surface area (Å²) >= 11 is 0. The van der Waals surface area contributed by atoms with Crippen LogP contribution >= 0.6 is 0 Å². The Bertz CT molecular complexity index is 985. The van der Waals surface area contributed by atoms with Crippen LogP contribution < -0.4 is 9.65 Å². The summed E-state index contributed by atoms with van der Waals surface area (Å²) in [6, 6.07) is 0. The fourth-order valence-corrected chi connectivity index (χ4v) is 4.31. The summed E-state index contributed by atoms with van der Waals surface area (Å²) in [6.45, 7) is 4.96. The highest BCUT2D eigenvalue weighted by Gasteiger charge is 2.34. The van der Waals surface area contributed by atoms with E-state index in [1.807, 2.05) is 4.90 Å². The molecule has 2 rings (SSSR count). The molecule has 32 heavy (non-hydrogen) atoms. The Hall–Kier alpha value is -2.02. The van der Waals surface area contributed by atoms with Gasteiger partial charge >= 0.3 is 23.6 Å². The average molecular weight is 483 g/mol. The van der Waals surface area contributed by atoms with E-state index in [2.05, 4.69) is 4.18 Å². The zero-order chi connectivity index (χ0) is 24.6. The van der Waals surface area contributed by atoms with E-state index in [0.717, 1.165) is 6.92 Å². The number of halogens is 4. The van der Waals surface area contributed by atoms with Gasteiger partial charge in [-0.15, -0.1) is 0 Å². The average Bonchev–Trinajstić information content (AvgIpc) is 2.59. The number of carbonyl (C=O) groups is 1. The van der Waals surface area contributed by atoms with Crippen LogP contribution in [0.2, 0.25) is 0 Å². The highest BCUT2D eigenvalue weighted by molar-refractivity contribution is 7.81. The maximum Gasteiger partial charge on any atom is 0.510 e. The third-order valence-electron chi connectivity index (χ3n) is 5.31. The van der Waals surface area contributed by atoms with Gasteiger partial charge in [-0.25, -0.2) is 4.79 Å². The molecule has 1 amide bonds. The lowest BCUT2D eigenvalue weighted by Crippen LogP contribution is -2.50. The predicted molar refractivity (Wildman–Crippen MR) is 113 cm³/mol. The number of benzene rings is 1. The van der Waals surface area contributed by atoms with E-state index in [1.165, 1.54) is 18.7 Å². The molecular formula is C19H28BF4N2O5S-. The number of hydrogen-bond donors (Lipinski definition) is 0. The minimum atomic E-state index is -5.51. The molecule has 0 unspecified atom stereocenters. The Morgan fingerprint density at radius 1 is 1.00 bits per heavy atom. The molecule has 0 aromatic heterocycles. The van der Waals surface area contributed by atoms with E-state index >= 15 is 0 Å². The van der Waals surface area contributed by atoms with Gasteiger partial charge in [0, 0.05) is 32.7 Å². The second-order valence-electron chi connectivity index (χ2n) is 8.89. The summed E-state index contributed by atoms with van der Waals surface area (Å²) in [5.74, 6) is -0.644. The molecule has 0 aliphatic carbocycles.